The number of carbonyl (C=O) groups is 3. The molecule has 1 aromatic rings. The van der Waals surface area contributed by atoms with E-state index in [1.165, 1.54) is 6.92 Å². The molecular weight excluding hydrogens is 770 g/mol. The molecule has 6 unspecified atom stereocenters. The lowest BCUT2D eigenvalue weighted by molar-refractivity contribution is -0.311. The molecule has 1 saturated heterocycles. The molecule has 0 aliphatic carbocycles. The molecule has 1 aliphatic rings. The van der Waals surface area contributed by atoms with Crippen LogP contribution in [-0.4, -0.2) is 65.8 Å². The highest BCUT2D eigenvalue weighted by molar-refractivity contribution is 5.84. The van der Waals surface area contributed by atoms with E-state index in [-0.39, 0.29) is 37.8 Å². The van der Waals surface area contributed by atoms with E-state index in [9.17, 15) is 36.3 Å². The van der Waals surface area contributed by atoms with Crippen LogP contribution in [0.15, 0.2) is 30.3 Å². The molecule has 0 amide bonds. The Labute approximate surface area is 352 Å². The molecular formula is C47H76F5NO6. The van der Waals surface area contributed by atoms with Crippen molar-refractivity contribution < 1.29 is 50.6 Å². The second-order valence-electron chi connectivity index (χ2n) is 20.7. The van der Waals surface area contributed by atoms with E-state index < -0.39 is 80.6 Å². The zero-order valence-corrected chi connectivity index (χ0v) is 39.0. The number of ether oxygens (including phenoxy) is 2. The molecule has 2 rings (SSSR count). The highest BCUT2D eigenvalue weighted by atomic mass is 19.4. The predicted molar refractivity (Wildman–Crippen MR) is 223 cm³/mol. The Kier molecular flexibility index (Phi) is 16.7. The number of carbonyl (C=O) groups excluding carboxylic acids is 3. The minimum Gasteiger partial charge on any atom is -0.465 e. The van der Waals surface area contributed by atoms with Gasteiger partial charge in [-0.15, -0.1) is 0 Å². The van der Waals surface area contributed by atoms with Gasteiger partial charge in [0.25, 0.3) is 0 Å². The van der Waals surface area contributed by atoms with Crippen molar-refractivity contribution in [3.63, 3.8) is 0 Å². The second kappa shape index (κ2) is 18.8. The Balaban J connectivity index is 2.74. The van der Waals surface area contributed by atoms with Gasteiger partial charge in [-0.05, 0) is 80.6 Å². The van der Waals surface area contributed by atoms with Crippen molar-refractivity contribution in [1.29, 1.82) is 0 Å². The van der Waals surface area contributed by atoms with Gasteiger partial charge in [0, 0.05) is 17.8 Å². The smallest absolute Gasteiger partial charge is 0.456 e. The van der Waals surface area contributed by atoms with Crippen LogP contribution in [0.4, 0.5) is 22.0 Å². The zero-order valence-electron chi connectivity index (χ0n) is 39.0. The molecule has 1 aliphatic heterocycles. The summed E-state index contributed by atoms with van der Waals surface area (Å²) in [5.74, 6) is -7.90. The summed E-state index contributed by atoms with van der Waals surface area (Å²) in [6, 6.07) is 9.99. The first-order valence-electron chi connectivity index (χ1n) is 21.5. The van der Waals surface area contributed by atoms with Crippen molar-refractivity contribution in [3.8, 4) is 0 Å². The third-order valence-electron chi connectivity index (χ3n) is 15.3. The fourth-order valence-corrected chi connectivity index (χ4v) is 8.66. The van der Waals surface area contributed by atoms with Crippen molar-refractivity contribution in [1.82, 2.24) is 5.06 Å². The van der Waals surface area contributed by atoms with Crippen LogP contribution in [0.2, 0.25) is 0 Å². The largest absolute Gasteiger partial charge is 0.465 e. The van der Waals surface area contributed by atoms with Crippen LogP contribution < -0.4 is 0 Å². The minimum atomic E-state index is -5.93. The van der Waals surface area contributed by atoms with Crippen molar-refractivity contribution in [2.75, 3.05) is 19.8 Å². The van der Waals surface area contributed by atoms with Gasteiger partial charge in [0.1, 0.15) is 5.78 Å². The molecule has 1 heterocycles. The first-order valence-corrected chi connectivity index (χ1v) is 21.5. The van der Waals surface area contributed by atoms with Gasteiger partial charge in [-0.25, -0.2) is 0 Å². The van der Waals surface area contributed by atoms with Crippen molar-refractivity contribution in [2.24, 2.45) is 38.9 Å². The second-order valence-corrected chi connectivity index (χ2v) is 20.7. The summed E-state index contributed by atoms with van der Waals surface area (Å²) in [5, 5.41) is 1.85. The normalized spacial score (nSPS) is 23.7. The molecule has 59 heavy (non-hydrogen) atoms. The molecule has 0 N–H and O–H groups in total. The van der Waals surface area contributed by atoms with Gasteiger partial charge in [-0.1, -0.05) is 127 Å². The average molecular weight is 846 g/mol. The van der Waals surface area contributed by atoms with E-state index in [1.54, 1.807) is 13.8 Å². The number of halogens is 5. The van der Waals surface area contributed by atoms with Gasteiger partial charge in [-0.3, -0.25) is 19.2 Å². The Morgan fingerprint density at radius 1 is 0.847 bits per heavy atom. The molecule has 6 atom stereocenters. The number of rotatable bonds is 21. The molecule has 0 bridgehead atoms. The third kappa shape index (κ3) is 11.1. The molecule has 0 spiro atoms. The third-order valence-corrected chi connectivity index (χ3v) is 15.3. The van der Waals surface area contributed by atoms with Crippen LogP contribution in [0.5, 0.6) is 0 Å². The van der Waals surface area contributed by atoms with Crippen LogP contribution in [0.3, 0.4) is 0 Å². The van der Waals surface area contributed by atoms with Crippen molar-refractivity contribution >= 4 is 17.7 Å². The van der Waals surface area contributed by atoms with Crippen LogP contribution in [-0.2, 0) is 28.7 Å². The van der Waals surface area contributed by atoms with Crippen molar-refractivity contribution in [3.05, 3.63) is 35.9 Å². The highest BCUT2D eigenvalue weighted by Crippen LogP contribution is 2.59. The fourth-order valence-electron chi connectivity index (χ4n) is 8.66. The summed E-state index contributed by atoms with van der Waals surface area (Å²) >= 11 is 0. The van der Waals surface area contributed by atoms with E-state index >= 15 is 0 Å². The molecule has 7 nitrogen and oxygen atoms in total. The Morgan fingerprint density at radius 2 is 1.41 bits per heavy atom. The molecule has 0 radical (unpaired) electrons. The van der Waals surface area contributed by atoms with Crippen LogP contribution in [0.1, 0.15) is 167 Å². The van der Waals surface area contributed by atoms with Crippen LogP contribution in [0.25, 0.3) is 0 Å². The number of hydrogen-bond donors (Lipinski definition) is 0. The maximum atomic E-state index is 14.4. The summed E-state index contributed by atoms with van der Waals surface area (Å²) in [7, 11) is 0. The van der Waals surface area contributed by atoms with Gasteiger partial charge in [0.15, 0.2) is 6.61 Å². The number of Topliss-reactive ketones (excluding diaryl/α,β-unsaturated/α-hetero) is 1. The standard InChI is InChI=1S/C47H76F5NO6/c1-17-20-26-57-37(55)35(27-39(6,7)32(4)34-24-22-21-23-25-34)42(12,13)40(8,9)29-44(15,38(56)58-31-46(48,49)47(50,51)52)41(10,11)30-59-53-43(14,18-2)28-36(54)33(5)45(53,16)19-3/h21-25,32-33,35H,17-20,26-31H2,1-16H3. The quantitative estimate of drug-likeness (QED) is 0.0692. The number of unbranched alkanes of at least 4 members (excludes halogenated alkanes) is 1. The molecule has 12 heteroatoms. The summed E-state index contributed by atoms with van der Waals surface area (Å²) in [6.07, 6.45) is -2.80. The zero-order chi connectivity index (χ0) is 45.8. The number of alkyl halides is 5. The lowest BCUT2D eigenvalue weighted by atomic mass is 9.50. The lowest BCUT2D eigenvalue weighted by Crippen LogP contribution is -2.67. The summed E-state index contributed by atoms with van der Waals surface area (Å²) < 4.78 is 79.8. The number of nitrogens with zero attached hydrogens (tertiary/aromatic N) is 1. The van der Waals surface area contributed by atoms with Crippen LogP contribution in [0, 0.1) is 38.9 Å². The number of benzene rings is 1. The molecule has 0 aromatic heterocycles. The molecule has 0 saturated carbocycles. The summed E-state index contributed by atoms with van der Waals surface area (Å²) in [6.45, 7) is 28.5. The Bertz CT molecular complexity index is 1580. The highest BCUT2D eigenvalue weighted by Gasteiger charge is 2.62. The molecule has 340 valence electrons. The fraction of sp³-hybridized carbons (Fsp3) is 0.809. The van der Waals surface area contributed by atoms with Crippen LogP contribution >= 0.6 is 0 Å². The van der Waals surface area contributed by atoms with E-state index in [0.717, 1.165) is 12.0 Å². The van der Waals surface area contributed by atoms with Gasteiger partial charge in [0.2, 0.25) is 0 Å². The minimum absolute atomic E-state index is 0.0237. The number of hydroxylamine groups is 2. The first-order chi connectivity index (χ1) is 26.7. The Hall–Kier alpha value is -2.60. The van der Waals surface area contributed by atoms with Gasteiger partial charge >= 0.3 is 24.0 Å². The number of piperidine rings is 1. The number of ketones is 1. The van der Waals surface area contributed by atoms with E-state index in [4.69, 9.17) is 14.3 Å². The maximum absolute atomic E-state index is 14.4. The van der Waals surface area contributed by atoms with Gasteiger partial charge in [0.05, 0.1) is 35.6 Å². The molecule has 1 aromatic carbocycles. The Morgan fingerprint density at radius 3 is 1.90 bits per heavy atom. The van der Waals surface area contributed by atoms with Gasteiger partial charge in [-0.2, -0.15) is 27.0 Å². The summed E-state index contributed by atoms with van der Waals surface area (Å²) in [5.41, 5.74) is -5.73. The summed E-state index contributed by atoms with van der Waals surface area (Å²) in [4.78, 5) is 48.7. The number of hydrogen-bond acceptors (Lipinski definition) is 7. The first kappa shape index (κ1) is 52.5. The predicted octanol–water partition coefficient (Wildman–Crippen LogP) is 12.6. The SMILES string of the molecule is CCCCOC(=O)C(CC(C)(C)C(C)c1ccccc1)C(C)(C)C(C)(C)CC(C)(C(=O)OCC(F)(F)C(F)(F)F)C(C)(C)CON1C(C)(CC)CC(=O)C(C)C1(C)CC. The topological polar surface area (TPSA) is 82.1 Å². The lowest BCUT2D eigenvalue weighted by Gasteiger charge is -2.57. The number of esters is 2. The van der Waals surface area contributed by atoms with E-state index in [1.807, 2.05) is 105 Å². The van der Waals surface area contributed by atoms with Gasteiger partial charge < -0.3 is 9.47 Å². The monoisotopic (exact) mass is 846 g/mol. The van der Waals surface area contributed by atoms with E-state index in [2.05, 4.69) is 20.8 Å². The van der Waals surface area contributed by atoms with Crippen molar-refractivity contribution in [2.45, 2.75) is 185 Å². The average Bonchev–Trinajstić information content (AvgIpc) is 3.14. The van der Waals surface area contributed by atoms with E-state index in [0.29, 0.717) is 25.7 Å². The molecule has 1 fully saturated rings. The maximum Gasteiger partial charge on any atom is 0.456 e.